The fourth-order valence-electron chi connectivity index (χ4n) is 2.27. The Balaban J connectivity index is 2.40. The van der Waals surface area contributed by atoms with Crippen molar-refractivity contribution in [1.82, 2.24) is 0 Å². The van der Waals surface area contributed by atoms with Crippen molar-refractivity contribution in [2.24, 2.45) is 11.3 Å². The topological polar surface area (TPSA) is 73.9 Å². The highest BCUT2D eigenvalue weighted by Gasteiger charge is 2.71. The molecule has 0 spiro atoms. The molecule has 0 aromatic heterocycles. The van der Waals surface area contributed by atoms with Gasteiger partial charge in [0.15, 0.2) is 5.41 Å². The number of rotatable bonds is 2. The van der Waals surface area contributed by atoms with Gasteiger partial charge in [-0.2, -0.15) is 10.5 Å². The molecule has 90 valence electrons. The molecule has 1 fully saturated rings. The summed E-state index contributed by atoms with van der Waals surface area (Å²) in [4.78, 5) is 11.6. The molecule has 0 bridgehead atoms. The summed E-state index contributed by atoms with van der Waals surface area (Å²) in [5.74, 6) is -1.70. The van der Waals surface area contributed by atoms with Crippen LogP contribution in [0.4, 0.5) is 0 Å². The zero-order chi connectivity index (χ0) is 13.3. The quantitative estimate of drug-likeness (QED) is 0.765. The van der Waals surface area contributed by atoms with Gasteiger partial charge in [0, 0.05) is 10.9 Å². The summed E-state index contributed by atoms with van der Waals surface area (Å²) in [5.41, 5.74) is -0.570. The second kappa shape index (κ2) is 4.33. The highest BCUT2D eigenvalue weighted by molar-refractivity contribution is 6.30. The predicted molar refractivity (Wildman–Crippen MR) is 63.4 cm³/mol. The molecular formula is C13H9ClN2O2. The van der Waals surface area contributed by atoms with E-state index in [0.717, 1.165) is 5.56 Å². The lowest BCUT2D eigenvalue weighted by Gasteiger charge is -1.99. The third kappa shape index (κ3) is 1.63. The van der Waals surface area contributed by atoms with E-state index in [1.165, 1.54) is 7.11 Å². The van der Waals surface area contributed by atoms with E-state index in [9.17, 15) is 4.79 Å². The molecule has 1 aromatic rings. The van der Waals surface area contributed by atoms with Crippen molar-refractivity contribution in [2.75, 3.05) is 7.11 Å². The van der Waals surface area contributed by atoms with Crippen LogP contribution in [-0.4, -0.2) is 13.1 Å². The fraction of sp³-hybridized carbons (Fsp3) is 0.308. The summed E-state index contributed by atoms with van der Waals surface area (Å²) in [5, 5.41) is 18.9. The molecule has 2 rings (SSSR count). The van der Waals surface area contributed by atoms with Crippen molar-refractivity contribution in [2.45, 2.75) is 5.92 Å². The third-order valence-corrected chi connectivity index (χ3v) is 3.51. The van der Waals surface area contributed by atoms with E-state index in [1.807, 2.05) is 12.1 Å². The lowest BCUT2D eigenvalue weighted by atomic mass is 10.0. The number of nitrogens with zero attached hydrogens (tertiary/aromatic N) is 2. The van der Waals surface area contributed by atoms with Crippen LogP contribution in [0.15, 0.2) is 24.3 Å². The van der Waals surface area contributed by atoms with Crippen LogP contribution in [0.1, 0.15) is 11.5 Å². The molecule has 1 aliphatic rings. The number of benzene rings is 1. The molecule has 0 radical (unpaired) electrons. The van der Waals surface area contributed by atoms with Crippen LogP contribution in [0.25, 0.3) is 0 Å². The lowest BCUT2D eigenvalue weighted by Crippen LogP contribution is -2.09. The molecular weight excluding hydrogens is 252 g/mol. The first-order chi connectivity index (χ1) is 8.60. The monoisotopic (exact) mass is 260 g/mol. The van der Waals surface area contributed by atoms with Gasteiger partial charge in [-0.05, 0) is 17.7 Å². The van der Waals surface area contributed by atoms with E-state index < -0.39 is 23.2 Å². The summed E-state index contributed by atoms with van der Waals surface area (Å²) in [6, 6.07) is 10.7. The highest BCUT2D eigenvalue weighted by Crippen LogP contribution is 2.64. The second-order valence-corrected chi connectivity index (χ2v) is 4.56. The Morgan fingerprint density at radius 2 is 1.89 bits per heavy atom. The van der Waals surface area contributed by atoms with E-state index in [1.54, 1.807) is 24.3 Å². The molecule has 4 nitrogen and oxygen atoms in total. The van der Waals surface area contributed by atoms with E-state index in [4.69, 9.17) is 22.1 Å². The van der Waals surface area contributed by atoms with Crippen LogP contribution in [0, 0.1) is 34.0 Å². The van der Waals surface area contributed by atoms with Gasteiger partial charge >= 0.3 is 5.97 Å². The van der Waals surface area contributed by atoms with Crippen molar-refractivity contribution in [3.8, 4) is 12.1 Å². The first-order valence-electron chi connectivity index (χ1n) is 5.26. The SMILES string of the molecule is COC(=O)C1C(c2ccc(Cl)cc2)C1(C#N)C#N. The van der Waals surface area contributed by atoms with Gasteiger partial charge in [-0.25, -0.2) is 0 Å². The Bertz CT molecular complexity index is 554. The van der Waals surface area contributed by atoms with E-state index in [2.05, 4.69) is 4.74 Å². The molecule has 0 saturated heterocycles. The summed E-state index contributed by atoms with van der Waals surface area (Å²) in [6.07, 6.45) is 0. The fourth-order valence-corrected chi connectivity index (χ4v) is 2.39. The van der Waals surface area contributed by atoms with Gasteiger partial charge in [0.25, 0.3) is 0 Å². The van der Waals surface area contributed by atoms with Crippen molar-refractivity contribution >= 4 is 17.6 Å². The molecule has 2 unspecified atom stereocenters. The Hall–Kier alpha value is -2.04. The number of nitriles is 2. The number of carbonyl (C=O) groups is 1. The summed E-state index contributed by atoms with van der Waals surface area (Å²) in [6.45, 7) is 0. The number of ether oxygens (including phenoxy) is 1. The normalized spacial score (nSPS) is 23.6. The number of halogens is 1. The molecule has 18 heavy (non-hydrogen) atoms. The van der Waals surface area contributed by atoms with Crippen molar-refractivity contribution in [3.63, 3.8) is 0 Å². The number of hydrogen-bond donors (Lipinski definition) is 0. The van der Waals surface area contributed by atoms with Crippen LogP contribution in [-0.2, 0) is 9.53 Å². The minimum absolute atomic E-state index is 0.447. The number of methoxy groups -OCH3 is 1. The maximum Gasteiger partial charge on any atom is 0.312 e. The molecule has 0 N–H and O–H groups in total. The Kier molecular flexibility index (Phi) is 2.98. The molecule has 1 aromatic carbocycles. The molecule has 0 heterocycles. The number of carbonyl (C=O) groups excluding carboxylic acids is 1. The maximum absolute atomic E-state index is 11.6. The maximum atomic E-state index is 11.6. The van der Waals surface area contributed by atoms with Gasteiger partial charge in [0.2, 0.25) is 0 Å². The average molecular weight is 261 g/mol. The molecule has 2 atom stereocenters. The van der Waals surface area contributed by atoms with E-state index >= 15 is 0 Å². The predicted octanol–water partition coefficient (Wildman–Crippen LogP) is 2.26. The van der Waals surface area contributed by atoms with Crippen molar-refractivity contribution < 1.29 is 9.53 Å². The largest absolute Gasteiger partial charge is 0.469 e. The Labute approximate surface area is 109 Å². The van der Waals surface area contributed by atoms with Crippen LogP contribution in [0.2, 0.25) is 5.02 Å². The summed E-state index contributed by atoms with van der Waals surface area (Å²) >= 11 is 5.78. The van der Waals surface area contributed by atoms with Crippen LogP contribution >= 0.6 is 11.6 Å². The van der Waals surface area contributed by atoms with Crippen molar-refractivity contribution in [1.29, 1.82) is 10.5 Å². The van der Waals surface area contributed by atoms with Crippen LogP contribution in [0.3, 0.4) is 0 Å². The Morgan fingerprint density at radius 3 is 2.33 bits per heavy atom. The Morgan fingerprint density at radius 1 is 1.33 bits per heavy atom. The first-order valence-corrected chi connectivity index (χ1v) is 5.64. The van der Waals surface area contributed by atoms with Gasteiger partial charge in [-0.15, -0.1) is 0 Å². The zero-order valence-corrected chi connectivity index (χ0v) is 10.3. The van der Waals surface area contributed by atoms with Gasteiger partial charge in [0.05, 0.1) is 25.2 Å². The second-order valence-electron chi connectivity index (χ2n) is 4.12. The van der Waals surface area contributed by atoms with Crippen LogP contribution in [0.5, 0.6) is 0 Å². The number of esters is 1. The molecule has 5 heteroatoms. The zero-order valence-electron chi connectivity index (χ0n) is 9.55. The van der Waals surface area contributed by atoms with Gasteiger partial charge in [0.1, 0.15) is 0 Å². The molecule has 0 amide bonds. The molecule has 1 saturated carbocycles. The lowest BCUT2D eigenvalue weighted by molar-refractivity contribution is -0.142. The number of hydrogen-bond acceptors (Lipinski definition) is 4. The average Bonchev–Trinajstić information content (AvgIpc) is 3.08. The van der Waals surface area contributed by atoms with Gasteiger partial charge in [-0.1, -0.05) is 23.7 Å². The molecule has 1 aliphatic carbocycles. The first kappa shape index (κ1) is 12.4. The summed E-state index contributed by atoms with van der Waals surface area (Å²) < 4.78 is 4.64. The molecule has 0 aliphatic heterocycles. The van der Waals surface area contributed by atoms with Crippen LogP contribution < -0.4 is 0 Å². The van der Waals surface area contributed by atoms with Gasteiger partial charge < -0.3 is 4.74 Å². The minimum atomic E-state index is -1.32. The highest BCUT2D eigenvalue weighted by atomic mass is 35.5. The van der Waals surface area contributed by atoms with Crippen molar-refractivity contribution in [3.05, 3.63) is 34.9 Å². The minimum Gasteiger partial charge on any atom is -0.469 e. The van der Waals surface area contributed by atoms with E-state index in [0.29, 0.717) is 5.02 Å². The standard InChI is InChI=1S/C13H9ClN2O2/c1-18-12(17)11-10(13(11,6-15)7-16)8-2-4-9(14)5-3-8/h2-5,10-11H,1H3. The van der Waals surface area contributed by atoms with E-state index in [-0.39, 0.29) is 0 Å². The summed E-state index contributed by atoms with van der Waals surface area (Å²) in [7, 11) is 1.25. The van der Waals surface area contributed by atoms with Gasteiger partial charge in [-0.3, -0.25) is 4.79 Å². The smallest absolute Gasteiger partial charge is 0.312 e. The third-order valence-electron chi connectivity index (χ3n) is 3.26.